The number of nitrogens with one attached hydrogen (secondary N) is 1. The van der Waals surface area contributed by atoms with Gasteiger partial charge in [-0.1, -0.05) is 17.3 Å². The van der Waals surface area contributed by atoms with Crippen molar-refractivity contribution in [3.8, 4) is 11.5 Å². The number of rotatable bonds is 7. The number of carbonyl (C=O) groups is 1. The van der Waals surface area contributed by atoms with Gasteiger partial charge in [-0.2, -0.15) is 5.10 Å². The van der Waals surface area contributed by atoms with Gasteiger partial charge in [-0.15, -0.1) is 0 Å². The number of hydrogen-bond acceptors (Lipinski definition) is 7. The van der Waals surface area contributed by atoms with Crippen LogP contribution in [0.15, 0.2) is 47.8 Å². The van der Waals surface area contributed by atoms with Crippen molar-refractivity contribution in [1.82, 2.24) is 9.78 Å². The molecule has 1 unspecified atom stereocenters. The molecule has 4 rings (SSSR count). The van der Waals surface area contributed by atoms with E-state index < -0.39 is 16.9 Å². The van der Waals surface area contributed by atoms with Gasteiger partial charge in [0, 0.05) is 36.9 Å². The third-order valence-electron chi connectivity index (χ3n) is 5.48. The average molecular weight is 463 g/mol. The van der Waals surface area contributed by atoms with E-state index in [2.05, 4.69) is 15.6 Å². The second kappa shape index (κ2) is 9.34. The van der Waals surface area contributed by atoms with E-state index in [0.717, 1.165) is 28.9 Å². The Morgan fingerprint density at radius 3 is 2.76 bits per heavy atom. The lowest BCUT2D eigenvalue weighted by molar-refractivity contribution is -0.384. The molecule has 0 bridgehead atoms. The van der Waals surface area contributed by atoms with Crippen molar-refractivity contribution in [3.63, 3.8) is 0 Å². The molecule has 0 radical (unpaired) electrons. The Kier molecular flexibility index (Phi) is 6.31. The number of nitro groups is 1. The first-order chi connectivity index (χ1) is 16.2. The Hall–Kier alpha value is -4.21. The zero-order valence-corrected chi connectivity index (χ0v) is 19.4. The number of oxime groups is 1. The van der Waals surface area contributed by atoms with Crippen molar-refractivity contribution >= 4 is 23.0 Å². The first kappa shape index (κ1) is 23.0. The Morgan fingerprint density at radius 2 is 2.06 bits per heavy atom. The van der Waals surface area contributed by atoms with Gasteiger partial charge in [0.2, 0.25) is 6.10 Å². The third-order valence-corrected chi connectivity index (χ3v) is 5.48. The van der Waals surface area contributed by atoms with Crippen molar-refractivity contribution in [3.05, 3.63) is 75.1 Å². The fourth-order valence-electron chi connectivity index (χ4n) is 3.63. The van der Waals surface area contributed by atoms with E-state index in [9.17, 15) is 14.9 Å². The summed E-state index contributed by atoms with van der Waals surface area (Å²) in [5, 5.41) is 22.6. The van der Waals surface area contributed by atoms with Crippen molar-refractivity contribution in [2.45, 2.75) is 46.8 Å². The van der Waals surface area contributed by atoms with E-state index in [1.807, 2.05) is 52.1 Å². The van der Waals surface area contributed by atoms with Crippen LogP contribution in [0.5, 0.6) is 11.5 Å². The molecule has 2 heterocycles. The van der Waals surface area contributed by atoms with Crippen LogP contribution in [0.1, 0.15) is 35.7 Å². The number of nitrogens with zero attached hydrogens (tertiary/aromatic N) is 4. The summed E-state index contributed by atoms with van der Waals surface area (Å²) < 4.78 is 7.70. The number of ether oxygens (including phenoxy) is 1. The van der Waals surface area contributed by atoms with Gasteiger partial charge in [0.05, 0.1) is 28.1 Å². The predicted octanol–water partition coefficient (Wildman–Crippen LogP) is 4.66. The van der Waals surface area contributed by atoms with Gasteiger partial charge in [0.1, 0.15) is 11.5 Å². The molecular weight excluding hydrogens is 438 g/mol. The fraction of sp³-hybridized carbons (Fsp3) is 0.292. The highest BCUT2D eigenvalue weighted by atomic mass is 16.6. The van der Waals surface area contributed by atoms with Gasteiger partial charge in [-0.25, -0.2) is 0 Å². The molecule has 0 saturated heterocycles. The van der Waals surface area contributed by atoms with Gasteiger partial charge in [-0.3, -0.25) is 19.6 Å². The van der Waals surface area contributed by atoms with E-state index in [0.29, 0.717) is 11.5 Å². The summed E-state index contributed by atoms with van der Waals surface area (Å²) in [7, 11) is 0. The first-order valence-corrected chi connectivity index (χ1v) is 10.9. The minimum absolute atomic E-state index is 0.204. The number of nitro benzene ring substituents is 1. The number of anilines is 1. The number of non-ortho nitro benzene ring substituents is 1. The van der Waals surface area contributed by atoms with Crippen LogP contribution in [0.4, 0.5) is 11.4 Å². The lowest BCUT2D eigenvalue weighted by atomic mass is 10.1. The van der Waals surface area contributed by atoms with Crippen molar-refractivity contribution in [1.29, 1.82) is 0 Å². The van der Waals surface area contributed by atoms with Crippen LogP contribution in [0, 0.1) is 30.9 Å². The zero-order valence-electron chi connectivity index (χ0n) is 19.4. The summed E-state index contributed by atoms with van der Waals surface area (Å²) in [6, 6.07) is 9.84. The Labute approximate surface area is 196 Å². The van der Waals surface area contributed by atoms with Crippen molar-refractivity contribution in [2.75, 3.05) is 5.32 Å². The predicted molar refractivity (Wildman–Crippen MR) is 126 cm³/mol. The minimum Gasteiger partial charge on any atom is -0.457 e. The van der Waals surface area contributed by atoms with Crippen LogP contribution in [-0.4, -0.2) is 32.4 Å². The van der Waals surface area contributed by atoms with Crippen molar-refractivity contribution in [2.24, 2.45) is 5.16 Å². The summed E-state index contributed by atoms with van der Waals surface area (Å²) in [6.45, 7) is 8.39. The number of amides is 1. The molecule has 1 N–H and O–H groups in total. The van der Waals surface area contributed by atoms with Crippen LogP contribution in [-0.2, 0) is 16.2 Å². The number of carbonyl (C=O) groups excluding carboxylic acids is 1. The molecule has 176 valence electrons. The smallest absolute Gasteiger partial charge is 0.275 e. The van der Waals surface area contributed by atoms with Crippen LogP contribution in [0.3, 0.4) is 0 Å². The molecule has 3 aromatic rings. The van der Waals surface area contributed by atoms with Crippen molar-refractivity contribution < 1.29 is 19.3 Å². The lowest BCUT2D eigenvalue weighted by Gasteiger charge is -2.13. The van der Waals surface area contributed by atoms with Gasteiger partial charge in [0.25, 0.3) is 11.6 Å². The summed E-state index contributed by atoms with van der Waals surface area (Å²) in [5.74, 6) is 0.362. The largest absolute Gasteiger partial charge is 0.457 e. The fourth-order valence-corrected chi connectivity index (χ4v) is 3.63. The normalized spacial score (nSPS) is 14.9. The molecule has 1 atom stereocenters. The highest BCUT2D eigenvalue weighted by Crippen LogP contribution is 2.32. The molecule has 10 nitrogen and oxygen atoms in total. The van der Waals surface area contributed by atoms with E-state index in [1.165, 1.54) is 12.1 Å². The first-order valence-electron chi connectivity index (χ1n) is 10.9. The van der Waals surface area contributed by atoms with Gasteiger partial charge < -0.3 is 14.9 Å². The third kappa shape index (κ3) is 4.90. The quantitative estimate of drug-likeness (QED) is 0.402. The molecule has 0 fully saturated rings. The molecule has 1 aliphatic heterocycles. The van der Waals surface area contributed by atoms with E-state index >= 15 is 0 Å². The topological polar surface area (TPSA) is 121 Å². The molecule has 34 heavy (non-hydrogen) atoms. The maximum Gasteiger partial charge on any atom is 0.275 e. The lowest BCUT2D eigenvalue weighted by Crippen LogP contribution is -2.28. The van der Waals surface area contributed by atoms with Gasteiger partial charge in [0.15, 0.2) is 0 Å². The molecule has 0 aliphatic carbocycles. The maximum absolute atomic E-state index is 12.8. The Bertz CT molecular complexity index is 1300. The molecule has 10 heteroatoms. The average Bonchev–Trinajstić information content (AvgIpc) is 3.42. The highest BCUT2D eigenvalue weighted by Gasteiger charge is 2.31. The number of aryl methyl sites for hydroxylation is 4. The number of aromatic nitrogens is 2. The highest BCUT2D eigenvalue weighted by molar-refractivity contribution is 6.06. The summed E-state index contributed by atoms with van der Waals surface area (Å²) in [4.78, 5) is 29.1. The van der Waals surface area contributed by atoms with Crippen LogP contribution < -0.4 is 10.1 Å². The molecule has 1 aliphatic rings. The summed E-state index contributed by atoms with van der Waals surface area (Å²) in [6.07, 6.45) is 1.28. The molecule has 0 spiro atoms. The number of hydrogen-bond donors (Lipinski definition) is 1. The molecule has 0 saturated carbocycles. The number of benzene rings is 2. The zero-order chi connectivity index (χ0) is 24.4. The van der Waals surface area contributed by atoms with Gasteiger partial charge >= 0.3 is 0 Å². The Morgan fingerprint density at radius 1 is 1.26 bits per heavy atom. The van der Waals surface area contributed by atoms with Crippen LogP contribution >= 0.6 is 0 Å². The van der Waals surface area contributed by atoms with Gasteiger partial charge in [-0.05, 0) is 44.9 Å². The van der Waals surface area contributed by atoms with E-state index in [1.54, 1.807) is 10.7 Å². The second-order valence-electron chi connectivity index (χ2n) is 8.15. The summed E-state index contributed by atoms with van der Waals surface area (Å²) >= 11 is 0. The monoisotopic (exact) mass is 463 g/mol. The molecule has 1 aromatic heterocycles. The molecular formula is C24H25N5O5. The van der Waals surface area contributed by atoms with Crippen LogP contribution in [0.25, 0.3) is 0 Å². The van der Waals surface area contributed by atoms with Crippen LogP contribution in [0.2, 0.25) is 0 Å². The van der Waals surface area contributed by atoms with E-state index in [-0.39, 0.29) is 23.5 Å². The minimum atomic E-state index is -0.859. The summed E-state index contributed by atoms with van der Waals surface area (Å²) in [5.41, 5.74) is 4.17. The van der Waals surface area contributed by atoms with E-state index in [4.69, 9.17) is 9.57 Å². The Balaban J connectivity index is 1.50. The SMILES string of the molecule is CCn1cc(C2=NOC(C(=O)Nc3cc(Oc4cc(C)ccc4C)cc([N+](=O)[O-])c3)C2)c(C)n1. The standard InChI is InChI=1S/C24H25N5O5/c1-5-28-13-20(16(4)26-28)21-12-23(34-27-21)24(30)25-17-9-18(29(31)32)11-19(10-17)33-22-8-14(2)6-7-15(22)3/h6-11,13,23H,5,12H2,1-4H3,(H,25,30). The molecule has 2 aromatic carbocycles. The maximum atomic E-state index is 12.8. The molecule has 1 amide bonds. The second-order valence-corrected chi connectivity index (χ2v) is 8.15.